The average Bonchev–Trinajstić information content (AvgIpc) is 2.81. The topological polar surface area (TPSA) is 74.1 Å². The van der Waals surface area contributed by atoms with Crippen LogP contribution >= 0.6 is 25.4 Å². The van der Waals surface area contributed by atoms with E-state index >= 15 is 0 Å². The van der Waals surface area contributed by atoms with Crippen LogP contribution in [0.4, 0.5) is 18.9 Å². The van der Waals surface area contributed by atoms with E-state index < -0.39 is 17.6 Å². The van der Waals surface area contributed by atoms with E-state index in [0.29, 0.717) is 11.3 Å². The van der Waals surface area contributed by atoms with Crippen molar-refractivity contribution >= 4 is 37.0 Å². The molecule has 0 fully saturated rings. The molecule has 0 saturated heterocycles. The Hall–Kier alpha value is -3.13. The Balaban J connectivity index is 0.00000456. The van der Waals surface area contributed by atoms with Gasteiger partial charge in [-0.25, -0.2) is 0 Å². The first-order valence-corrected chi connectivity index (χ1v) is 11.4. The summed E-state index contributed by atoms with van der Waals surface area (Å²) in [6, 6.07) is 16.2. The van der Waals surface area contributed by atoms with Crippen molar-refractivity contribution in [3.63, 3.8) is 0 Å². The van der Waals surface area contributed by atoms with Crippen LogP contribution in [0.3, 0.4) is 0 Å². The smallest absolute Gasteiger partial charge is 0.417 e. The molecule has 0 spiro atoms. The van der Waals surface area contributed by atoms with Crippen LogP contribution in [0.2, 0.25) is 0 Å². The standard InChI is InChI=1S/C26H24F3N3O2S.H2S/c1-25(2,3)32-35-23-12-9-16(14-22(23)34-4)24(33)31-18-10-11-19(17(13-18)15-30)20-7-5-6-8-21(20)26(27,28)29;/h5-14,32H,1-4H3,(H,31,33);1H2. The van der Waals surface area contributed by atoms with Gasteiger partial charge in [-0.05, 0) is 74.7 Å². The predicted molar refractivity (Wildman–Crippen MR) is 142 cm³/mol. The molecule has 0 atom stereocenters. The maximum Gasteiger partial charge on any atom is 0.417 e. The number of rotatable bonds is 6. The number of alkyl halides is 3. The van der Waals surface area contributed by atoms with Crippen LogP contribution in [-0.4, -0.2) is 18.6 Å². The Bertz CT molecular complexity index is 1280. The van der Waals surface area contributed by atoms with Crippen molar-refractivity contribution in [1.29, 1.82) is 5.26 Å². The van der Waals surface area contributed by atoms with Gasteiger partial charge in [0.15, 0.2) is 0 Å². The van der Waals surface area contributed by atoms with E-state index in [1.54, 1.807) is 18.2 Å². The van der Waals surface area contributed by atoms with E-state index in [1.807, 2.05) is 26.8 Å². The highest BCUT2D eigenvalue weighted by atomic mass is 32.2. The van der Waals surface area contributed by atoms with E-state index in [4.69, 9.17) is 4.74 Å². The predicted octanol–water partition coefficient (Wildman–Crippen LogP) is 7.01. The average molecular weight is 534 g/mol. The first kappa shape index (κ1) is 29.1. The summed E-state index contributed by atoms with van der Waals surface area (Å²) in [6.07, 6.45) is -4.57. The monoisotopic (exact) mass is 533 g/mol. The number of hydrogen-bond donors (Lipinski definition) is 2. The van der Waals surface area contributed by atoms with Crippen molar-refractivity contribution in [2.24, 2.45) is 0 Å². The number of halogens is 3. The molecule has 0 aliphatic rings. The number of hydrogen-bond acceptors (Lipinski definition) is 5. The lowest BCUT2D eigenvalue weighted by molar-refractivity contribution is -0.137. The largest absolute Gasteiger partial charge is 0.496 e. The van der Waals surface area contributed by atoms with Crippen molar-refractivity contribution in [3.8, 4) is 22.9 Å². The van der Waals surface area contributed by atoms with E-state index in [0.717, 1.165) is 11.0 Å². The van der Waals surface area contributed by atoms with Gasteiger partial charge in [-0.3, -0.25) is 9.52 Å². The molecule has 3 aromatic carbocycles. The van der Waals surface area contributed by atoms with Gasteiger partial charge in [0, 0.05) is 22.4 Å². The zero-order valence-electron chi connectivity index (χ0n) is 20.1. The quantitative estimate of drug-likeness (QED) is 0.333. The van der Waals surface area contributed by atoms with E-state index in [1.165, 1.54) is 55.5 Å². The fourth-order valence-electron chi connectivity index (χ4n) is 3.22. The molecule has 0 radical (unpaired) electrons. The summed E-state index contributed by atoms with van der Waals surface area (Å²) in [5, 5.41) is 12.3. The van der Waals surface area contributed by atoms with Gasteiger partial charge in [-0.15, -0.1) is 0 Å². The zero-order valence-corrected chi connectivity index (χ0v) is 21.9. The Kier molecular flexibility index (Phi) is 9.49. The lowest BCUT2D eigenvalue weighted by Gasteiger charge is -2.20. The lowest BCUT2D eigenvalue weighted by atomic mass is 9.95. The van der Waals surface area contributed by atoms with Gasteiger partial charge in [-0.1, -0.05) is 24.3 Å². The van der Waals surface area contributed by atoms with E-state index in [9.17, 15) is 23.2 Å². The SMILES string of the molecule is COc1cc(C(=O)Nc2ccc(-c3ccccc3C(F)(F)F)c(C#N)c2)ccc1SNC(C)(C)C.S. The lowest BCUT2D eigenvalue weighted by Crippen LogP contribution is -2.29. The summed E-state index contributed by atoms with van der Waals surface area (Å²) in [4.78, 5) is 13.6. The maximum atomic E-state index is 13.4. The Morgan fingerprint density at radius 3 is 2.31 bits per heavy atom. The van der Waals surface area contributed by atoms with Gasteiger partial charge in [0.05, 0.1) is 29.2 Å². The third kappa shape index (κ3) is 7.20. The summed E-state index contributed by atoms with van der Waals surface area (Å²) >= 11 is 1.39. The van der Waals surface area contributed by atoms with Crippen molar-refractivity contribution in [2.75, 3.05) is 12.4 Å². The minimum Gasteiger partial charge on any atom is -0.496 e. The number of ether oxygens (including phenoxy) is 1. The second-order valence-corrected chi connectivity index (χ2v) is 9.54. The zero-order chi connectivity index (χ0) is 25.8. The van der Waals surface area contributed by atoms with Crippen molar-refractivity contribution < 1.29 is 22.7 Å². The van der Waals surface area contributed by atoms with Gasteiger partial charge < -0.3 is 10.1 Å². The molecule has 0 aliphatic carbocycles. The third-order valence-electron chi connectivity index (χ3n) is 4.81. The number of methoxy groups -OCH3 is 1. The van der Waals surface area contributed by atoms with Gasteiger partial charge in [0.1, 0.15) is 5.75 Å². The second kappa shape index (κ2) is 11.7. The van der Waals surface area contributed by atoms with Crippen LogP contribution in [0.1, 0.15) is 42.3 Å². The molecule has 3 aromatic rings. The number of anilines is 1. The van der Waals surface area contributed by atoms with Crippen LogP contribution < -0.4 is 14.8 Å². The number of carbonyl (C=O) groups is 1. The summed E-state index contributed by atoms with van der Waals surface area (Å²) in [6.45, 7) is 6.07. The molecule has 1 amide bonds. The Morgan fingerprint density at radius 1 is 1.00 bits per heavy atom. The maximum absolute atomic E-state index is 13.4. The molecule has 10 heteroatoms. The van der Waals surface area contributed by atoms with E-state index in [-0.39, 0.29) is 41.4 Å². The molecule has 0 saturated carbocycles. The van der Waals surface area contributed by atoms with Gasteiger partial charge >= 0.3 is 6.18 Å². The van der Waals surface area contributed by atoms with Crippen LogP contribution in [0, 0.1) is 11.3 Å². The minimum atomic E-state index is -4.57. The van der Waals surface area contributed by atoms with Crippen LogP contribution in [0.25, 0.3) is 11.1 Å². The first-order chi connectivity index (χ1) is 16.4. The number of amides is 1. The third-order valence-corrected chi connectivity index (χ3v) is 6.09. The summed E-state index contributed by atoms with van der Waals surface area (Å²) < 4.78 is 49.0. The number of nitrogens with one attached hydrogen (secondary N) is 2. The molecular weight excluding hydrogens is 507 g/mol. The highest BCUT2D eigenvalue weighted by Gasteiger charge is 2.33. The summed E-state index contributed by atoms with van der Waals surface area (Å²) in [7, 11) is 1.51. The number of carbonyl (C=O) groups excluding carboxylic acids is 1. The van der Waals surface area contributed by atoms with Crippen molar-refractivity contribution in [3.05, 3.63) is 77.4 Å². The normalized spacial score (nSPS) is 11.3. The van der Waals surface area contributed by atoms with Crippen molar-refractivity contribution in [2.45, 2.75) is 37.4 Å². The van der Waals surface area contributed by atoms with Gasteiger partial charge in [-0.2, -0.15) is 31.9 Å². The molecule has 5 nitrogen and oxygen atoms in total. The van der Waals surface area contributed by atoms with E-state index in [2.05, 4.69) is 10.0 Å². The van der Waals surface area contributed by atoms with Crippen LogP contribution in [-0.2, 0) is 6.18 Å². The first-order valence-electron chi connectivity index (χ1n) is 10.6. The second-order valence-electron chi connectivity index (χ2n) is 8.69. The molecule has 190 valence electrons. The Morgan fingerprint density at radius 2 is 1.69 bits per heavy atom. The fraction of sp³-hybridized carbons (Fsp3) is 0.231. The summed E-state index contributed by atoms with van der Waals surface area (Å²) in [5.74, 6) is 0.0622. The highest BCUT2D eigenvalue weighted by Crippen LogP contribution is 2.38. The molecular formula is C26H26F3N3O2S2. The molecule has 2 N–H and O–H groups in total. The van der Waals surface area contributed by atoms with Gasteiger partial charge in [0.25, 0.3) is 5.91 Å². The molecule has 0 bridgehead atoms. The molecule has 0 aromatic heterocycles. The summed E-state index contributed by atoms with van der Waals surface area (Å²) in [5.41, 5.74) is -0.310. The van der Waals surface area contributed by atoms with Gasteiger partial charge in [0.2, 0.25) is 0 Å². The highest BCUT2D eigenvalue weighted by molar-refractivity contribution is 7.97. The molecule has 0 heterocycles. The fourth-order valence-corrected chi connectivity index (χ4v) is 4.01. The van der Waals surface area contributed by atoms with Crippen molar-refractivity contribution in [1.82, 2.24) is 4.72 Å². The molecule has 0 aliphatic heterocycles. The van der Waals surface area contributed by atoms with Crippen LogP contribution in [0.15, 0.2) is 65.6 Å². The van der Waals surface area contributed by atoms with Crippen LogP contribution in [0.5, 0.6) is 5.75 Å². The number of nitrogens with zero attached hydrogens (tertiary/aromatic N) is 1. The minimum absolute atomic E-state index is 0. The number of benzene rings is 3. The molecule has 3 rings (SSSR count). The molecule has 0 unspecified atom stereocenters. The Labute approximate surface area is 219 Å². The molecule has 36 heavy (non-hydrogen) atoms. The number of nitriles is 1.